The van der Waals surface area contributed by atoms with Crippen LogP contribution in [0.15, 0.2) is 0 Å². The maximum absolute atomic E-state index is 12.2. The molecule has 4 aliphatic carbocycles. The molecule has 7 N–H and O–H groups in total. The summed E-state index contributed by atoms with van der Waals surface area (Å²) in [4.78, 5) is 34.5. The molecular weight excluding hydrogens is 574 g/mol. The maximum Gasteiger partial charge on any atom is 0.335 e. The van der Waals surface area contributed by atoms with E-state index in [0.717, 1.165) is 32.1 Å². The minimum Gasteiger partial charge on any atom is -0.480 e. The molecule has 0 aromatic carbocycles. The highest BCUT2D eigenvalue weighted by Gasteiger charge is 2.63. The number of aliphatic hydroxyl groups is 4. The summed E-state index contributed by atoms with van der Waals surface area (Å²) < 4.78 is 11.4. The molecule has 44 heavy (non-hydrogen) atoms. The summed E-state index contributed by atoms with van der Waals surface area (Å²) in [6.45, 7) is 6.57. The summed E-state index contributed by atoms with van der Waals surface area (Å²) in [6.07, 6.45) is -0.894. The van der Waals surface area contributed by atoms with Crippen molar-refractivity contribution in [3.8, 4) is 0 Å². The van der Waals surface area contributed by atoms with Crippen LogP contribution in [0, 0.1) is 46.3 Å². The fourth-order valence-electron chi connectivity index (χ4n) is 10.5. The number of hydrogen-bond acceptors (Lipinski definition) is 9. The zero-order chi connectivity index (χ0) is 32.1. The standard InChI is InChI=1S/C32H51NO11/c1-15(4-7-22(35)33-14-23(36)37)18-5-6-19-24-20(9-11-32(18,19)3)31(2)10-8-17(12-16(31)13-21(24)34)43-30-27(40)25(38)26(39)28(44-30)29(41)42/h15-21,24-28,30,34,38-40H,4-14H2,1-3H3,(H,33,35)(H,36,37)(H,41,42)/t15-,16+,17-,18-,19+,20+,21+,24+,25?,26+,27-,28+,30-,31+,32-/m1/s1. The average Bonchev–Trinajstić information content (AvgIpc) is 3.32. The minimum atomic E-state index is -1.76. The highest BCUT2D eigenvalue weighted by Crippen LogP contribution is 2.68. The van der Waals surface area contributed by atoms with E-state index in [0.29, 0.717) is 55.8 Å². The van der Waals surface area contributed by atoms with E-state index in [-0.39, 0.29) is 41.2 Å². The molecule has 1 aliphatic heterocycles. The first kappa shape index (κ1) is 33.5. The van der Waals surface area contributed by atoms with Gasteiger partial charge in [0, 0.05) is 6.42 Å². The number of ether oxygens (including phenoxy) is 2. The van der Waals surface area contributed by atoms with Gasteiger partial charge in [-0.15, -0.1) is 0 Å². The molecule has 5 fully saturated rings. The second-order valence-corrected chi connectivity index (χ2v) is 15.0. The van der Waals surface area contributed by atoms with Gasteiger partial charge < -0.3 is 45.4 Å². The van der Waals surface area contributed by atoms with Gasteiger partial charge in [-0.3, -0.25) is 9.59 Å². The van der Waals surface area contributed by atoms with E-state index in [1.807, 2.05) is 0 Å². The van der Waals surface area contributed by atoms with Crippen molar-refractivity contribution in [1.29, 1.82) is 0 Å². The van der Waals surface area contributed by atoms with Crippen molar-refractivity contribution < 1.29 is 54.5 Å². The lowest BCUT2D eigenvalue weighted by molar-refractivity contribution is -0.310. The topological polar surface area (TPSA) is 203 Å². The number of nitrogens with one attached hydrogen (secondary N) is 1. The van der Waals surface area contributed by atoms with Crippen LogP contribution in [-0.4, -0.2) is 97.9 Å². The second-order valence-electron chi connectivity index (χ2n) is 15.0. The molecule has 5 aliphatic rings. The lowest BCUT2D eigenvalue weighted by atomic mass is 9.43. The lowest BCUT2D eigenvalue weighted by Crippen LogP contribution is -2.61. The molecular formula is C32H51NO11. The summed E-state index contributed by atoms with van der Waals surface area (Å²) in [5.41, 5.74) is 0.0749. The molecule has 0 aromatic heterocycles. The molecule has 0 radical (unpaired) electrons. The summed E-state index contributed by atoms with van der Waals surface area (Å²) in [7, 11) is 0. The fraction of sp³-hybridized carbons (Fsp3) is 0.906. The average molecular weight is 626 g/mol. The Hall–Kier alpha value is -1.83. The third kappa shape index (κ3) is 6.02. The third-order valence-electron chi connectivity index (χ3n) is 12.8. The van der Waals surface area contributed by atoms with Gasteiger partial charge in [-0.25, -0.2) is 4.79 Å². The Morgan fingerprint density at radius 3 is 2.27 bits per heavy atom. The van der Waals surface area contributed by atoms with Crippen molar-refractivity contribution in [3.63, 3.8) is 0 Å². The van der Waals surface area contributed by atoms with Gasteiger partial charge in [0.05, 0.1) is 12.2 Å². The maximum atomic E-state index is 12.2. The molecule has 250 valence electrons. The summed E-state index contributed by atoms with van der Waals surface area (Å²) in [5, 5.41) is 63.0. The van der Waals surface area contributed by atoms with Gasteiger partial charge in [0.15, 0.2) is 12.4 Å². The van der Waals surface area contributed by atoms with Gasteiger partial charge >= 0.3 is 11.9 Å². The van der Waals surface area contributed by atoms with Crippen LogP contribution in [0.3, 0.4) is 0 Å². The largest absolute Gasteiger partial charge is 0.480 e. The molecule has 12 nitrogen and oxygen atoms in total. The molecule has 4 saturated carbocycles. The number of aliphatic hydroxyl groups excluding tert-OH is 4. The van der Waals surface area contributed by atoms with E-state index >= 15 is 0 Å². The molecule has 1 saturated heterocycles. The molecule has 0 spiro atoms. The predicted octanol–water partition coefficient (Wildman–Crippen LogP) is 1.51. The van der Waals surface area contributed by atoms with Crippen LogP contribution in [0.25, 0.3) is 0 Å². The molecule has 0 bridgehead atoms. The molecule has 15 atom stereocenters. The minimum absolute atomic E-state index is 0.00235. The number of carboxylic acids is 2. The van der Waals surface area contributed by atoms with Crippen LogP contribution in [-0.2, 0) is 23.9 Å². The second kappa shape index (κ2) is 12.8. The van der Waals surface area contributed by atoms with Crippen LogP contribution < -0.4 is 5.32 Å². The van der Waals surface area contributed by atoms with E-state index < -0.39 is 48.7 Å². The molecule has 1 unspecified atom stereocenters. The van der Waals surface area contributed by atoms with Crippen molar-refractivity contribution in [1.82, 2.24) is 5.32 Å². The van der Waals surface area contributed by atoms with Crippen molar-refractivity contribution in [3.05, 3.63) is 0 Å². The molecule has 5 rings (SSSR count). The molecule has 1 amide bonds. The van der Waals surface area contributed by atoms with Crippen molar-refractivity contribution in [2.45, 2.75) is 128 Å². The summed E-state index contributed by atoms with van der Waals surface area (Å²) in [6, 6.07) is 0. The highest BCUT2D eigenvalue weighted by molar-refractivity contribution is 5.81. The summed E-state index contributed by atoms with van der Waals surface area (Å²) >= 11 is 0. The Morgan fingerprint density at radius 2 is 1.59 bits per heavy atom. The van der Waals surface area contributed by atoms with Gasteiger partial charge in [-0.2, -0.15) is 0 Å². The molecule has 0 aromatic rings. The van der Waals surface area contributed by atoms with E-state index in [4.69, 9.17) is 14.6 Å². The lowest BCUT2D eigenvalue weighted by Gasteiger charge is -2.62. The van der Waals surface area contributed by atoms with Gasteiger partial charge in [0.2, 0.25) is 5.91 Å². The Morgan fingerprint density at radius 1 is 0.909 bits per heavy atom. The van der Waals surface area contributed by atoms with Crippen molar-refractivity contribution in [2.75, 3.05) is 6.54 Å². The number of rotatable bonds is 9. The van der Waals surface area contributed by atoms with Gasteiger partial charge in [0.25, 0.3) is 0 Å². The Kier molecular flexibility index (Phi) is 9.72. The number of amides is 1. The van der Waals surface area contributed by atoms with Crippen LogP contribution in [0.4, 0.5) is 0 Å². The zero-order valence-electron chi connectivity index (χ0n) is 26.0. The van der Waals surface area contributed by atoms with Gasteiger partial charge in [0.1, 0.15) is 24.9 Å². The zero-order valence-corrected chi connectivity index (χ0v) is 26.0. The van der Waals surface area contributed by atoms with E-state index in [1.54, 1.807) is 0 Å². The first-order chi connectivity index (χ1) is 20.7. The van der Waals surface area contributed by atoms with Crippen molar-refractivity contribution in [2.24, 2.45) is 46.3 Å². The highest BCUT2D eigenvalue weighted by atomic mass is 16.7. The van der Waals surface area contributed by atoms with Crippen LogP contribution in [0.2, 0.25) is 0 Å². The van der Waals surface area contributed by atoms with Crippen molar-refractivity contribution >= 4 is 17.8 Å². The van der Waals surface area contributed by atoms with E-state index in [1.165, 1.54) is 0 Å². The third-order valence-corrected chi connectivity index (χ3v) is 12.8. The van der Waals surface area contributed by atoms with E-state index in [2.05, 4.69) is 26.1 Å². The Labute approximate surface area is 258 Å². The quantitative estimate of drug-likeness (QED) is 0.183. The number of aliphatic carboxylic acids is 2. The van der Waals surface area contributed by atoms with E-state index in [9.17, 15) is 39.9 Å². The molecule has 12 heteroatoms. The first-order valence-electron chi connectivity index (χ1n) is 16.4. The number of carbonyl (C=O) groups excluding carboxylic acids is 1. The molecule has 1 heterocycles. The number of fused-ring (bicyclic) bond motifs is 5. The smallest absolute Gasteiger partial charge is 0.335 e. The monoisotopic (exact) mass is 625 g/mol. The van der Waals surface area contributed by atoms with Crippen LogP contribution in [0.1, 0.15) is 85.0 Å². The SMILES string of the molecule is C[C@H](CCC(=O)NCC(=O)O)[C@H]1CC[C@H]2[C@@H]3[C@@H](O)C[C@@H]4C[C@H](O[C@@H]5O[C@H](C(=O)O)[C@@H](O)C(O)[C@H]5O)CC[C@]4(C)[C@H]3CC[C@]12C. The summed E-state index contributed by atoms with van der Waals surface area (Å²) in [5.74, 6) is -0.858. The Balaban J connectivity index is 1.22. The predicted molar refractivity (Wildman–Crippen MR) is 155 cm³/mol. The first-order valence-corrected chi connectivity index (χ1v) is 16.4. The number of carboxylic acid groups (broad SMARTS) is 2. The Bertz CT molecular complexity index is 1090. The fourth-order valence-corrected chi connectivity index (χ4v) is 10.5. The number of hydrogen-bond donors (Lipinski definition) is 7. The van der Waals surface area contributed by atoms with Gasteiger partial charge in [-0.1, -0.05) is 20.8 Å². The van der Waals surface area contributed by atoms with Crippen LogP contribution >= 0.6 is 0 Å². The van der Waals surface area contributed by atoms with Crippen LogP contribution in [0.5, 0.6) is 0 Å². The van der Waals surface area contributed by atoms with Gasteiger partial charge in [-0.05, 0) is 104 Å². The number of carbonyl (C=O) groups is 3. The normalized spacial score (nSPS) is 47.5.